The van der Waals surface area contributed by atoms with Gasteiger partial charge in [-0.05, 0) is 29.3 Å². The maximum absolute atomic E-state index is 6.03. The largest absolute Gasteiger partial charge is 0.240 e. The van der Waals surface area contributed by atoms with Gasteiger partial charge in [-0.15, -0.1) is 11.6 Å². The van der Waals surface area contributed by atoms with Gasteiger partial charge >= 0.3 is 0 Å². The van der Waals surface area contributed by atoms with E-state index in [1.165, 1.54) is 0 Å². The average Bonchev–Trinajstić information content (AvgIpc) is 2.09. The number of aromatic nitrogens is 2. The molecule has 0 radical (unpaired) electrons. The highest BCUT2D eigenvalue weighted by Crippen LogP contribution is 2.23. The first kappa shape index (κ1) is 10.9. The van der Waals surface area contributed by atoms with Crippen LogP contribution in [0.3, 0.4) is 0 Å². The minimum Gasteiger partial charge on any atom is -0.240 e. The van der Waals surface area contributed by atoms with E-state index in [1.807, 2.05) is 6.92 Å². The minimum absolute atomic E-state index is 0.0752. The van der Waals surface area contributed by atoms with Gasteiger partial charge in [-0.1, -0.05) is 6.92 Å². The summed E-state index contributed by atoms with van der Waals surface area (Å²) in [6.45, 7) is 4.07. The number of alkyl halides is 1. The summed E-state index contributed by atoms with van der Waals surface area (Å²) in [5.74, 6) is 1.07. The molecule has 13 heavy (non-hydrogen) atoms. The molecule has 2 atom stereocenters. The van der Waals surface area contributed by atoms with Crippen LogP contribution in [0, 0.1) is 0 Å². The molecule has 4 heteroatoms. The monoisotopic (exact) mass is 262 g/mol. The van der Waals surface area contributed by atoms with Crippen molar-refractivity contribution in [1.29, 1.82) is 0 Å². The Labute approximate surface area is 91.9 Å². The minimum atomic E-state index is 0.0752. The van der Waals surface area contributed by atoms with E-state index in [0.29, 0.717) is 0 Å². The summed E-state index contributed by atoms with van der Waals surface area (Å²) in [6.07, 6.45) is 4.47. The van der Waals surface area contributed by atoms with Crippen molar-refractivity contribution in [2.75, 3.05) is 0 Å². The van der Waals surface area contributed by atoms with Gasteiger partial charge in [0.2, 0.25) is 0 Å². The molecule has 0 amide bonds. The summed E-state index contributed by atoms with van der Waals surface area (Å²) in [7, 11) is 0. The van der Waals surface area contributed by atoms with E-state index in [-0.39, 0.29) is 11.3 Å². The fourth-order valence-electron chi connectivity index (χ4n) is 1.23. The van der Waals surface area contributed by atoms with E-state index in [9.17, 15) is 0 Å². The highest BCUT2D eigenvalue weighted by molar-refractivity contribution is 9.10. The van der Waals surface area contributed by atoms with Gasteiger partial charge in [-0.2, -0.15) is 0 Å². The van der Waals surface area contributed by atoms with E-state index in [1.54, 1.807) is 12.4 Å². The Hall–Kier alpha value is -0.150. The van der Waals surface area contributed by atoms with Crippen molar-refractivity contribution >= 4 is 27.5 Å². The average molecular weight is 264 g/mol. The lowest BCUT2D eigenvalue weighted by molar-refractivity contribution is 0.608. The maximum Gasteiger partial charge on any atom is 0.132 e. The molecule has 2 unspecified atom stereocenters. The van der Waals surface area contributed by atoms with Gasteiger partial charge in [0.05, 0.1) is 4.47 Å². The van der Waals surface area contributed by atoms with Gasteiger partial charge in [0, 0.05) is 23.7 Å². The second-order valence-corrected chi connectivity index (χ2v) is 4.56. The normalized spacial score (nSPS) is 15.4. The lowest BCUT2D eigenvalue weighted by atomic mass is 10.0. The van der Waals surface area contributed by atoms with Crippen LogP contribution in [0.4, 0.5) is 0 Å². The topological polar surface area (TPSA) is 25.8 Å². The number of rotatable bonds is 3. The molecule has 0 bridgehead atoms. The summed E-state index contributed by atoms with van der Waals surface area (Å²) in [5, 5.41) is 0.0752. The smallest absolute Gasteiger partial charge is 0.132 e. The van der Waals surface area contributed by atoms with Gasteiger partial charge in [0.1, 0.15) is 5.82 Å². The van der Waals surface area contributed by atoms with E-state index in [2.05, 4.69) is 32.8 Å². The first-order valence-corrected chi connectivity index (χ1v) is 5.49. The number of halogens is 2. The Bertz CT molecular complexity index is 261. The molecule has 0 saturated carbocycles. The number of hydrogen-bond donors (Lipinski definition) is 0. The van der Waals surface area contributed by atoms with Crippen molar-refractivity contribution in [2.24, 2.45) is 0 Å². The van der Waals surface area contributed by atoms with Gasteiger partial charge in [-0.3, -0.25) is 0 Å². The van der Waals surface area contributed by atoms with Crippen LogP contribution in [0.25, 0.3) is 0 Å². The lowest BCUT2D eigenvalue weighted by Gasteiger charge is -2.14. The van der Waals surface area contributed by atoms with Crippen molar-refractivity contribution < 1.29 is 0 Å². The molecular formula is C9H12BrClN2. The van der Waals surface area contributed by atoms with Crippen molar-refractivity contribution in [2.45, 2.75) is 31.6 Å². The predicted molar refractivity (Wildman–Crippen MR) is 58.1 cm³/mol. The first-order valence-electron chi connectivity index (χ1n) is 4.26. The zero-order chi connectivity index (χ0) is 9.84. The molecule has 0 aliphatic carbocycles. The van der Waals surface area contributed by atoms with Crippen LogP contribution in [-0.4, -0.2) is 15.3 Å². The molecule has 1 rings (SSSR count). The molecule has 1 heterocycles. The van der Waals surface area contributed by atoms with Crippen molar-refractivity contribution in [3.8, 4) is 0 Å². The van der Waals surface area contributed by atoms with Crippen LogP contribution in [-0.2, 0) is 0 Å². The van der Waals surface area contributed by atoms with Crippen LogP contribution in [0.2, 0.25) is 0 Å². The second kappa shape index (κ2) is 4.91. The third kappa shape index (κ3) is 2.92. The summed E-state index contributed by atoms with van der Waals surface area (Å²) in [5.41, 5.74) is 0. The molecule has 0 spiro atoms. The number of hydrogen-bond acceptors (Lipinski definition) is 2. The van der Waals surface area contributed by atoms with Gasteiger partial charge in [0.15, 0.2) is 0 Å². The lowest BCUT2D eigenvalue weighted by Crippen LogP contribution is -2.11. The third-order valence-corrected chi connectivity index (χ3v) is 2.68. The fraction of sp³-hybridized carbons (Fsp3) is 0.556. The van der Waals surface area contributed by atoms with Crippen LogP contribution < -0.4 is 0 Å². The molecule has 1 aromatic heterocycles. The summed E-state index contributed by atoms with van der Waals surface area (Å²) < 4.78 is 0.897. The van der Waals surface area contributed by atoms with Gasteiger partial charge in [0.25, 0.3) is 0 Å². The summed E-state index contributed by atoms with van der Waals surface area (Å²) >= 11 is 9.32. The molecule has 0 N–H and O–H groups in total. The van der Waals surface area contributed by atoms with Crippen LogP contribution in [0.5, 0.6) is 0 Å². The quantitative estimate of drug-likeness (QED) is 0.782. The molecule has 0 aliphatic heterocycles. The van der Waals surface area contributed by atoms with E-state index in [4.69, 9.17) is 11.6 Å². The van der Waals surface area contributed by atoms with E-state index in [0.717, 1.165) is 16.7 Å². The molecule has 2 nitrogen and oxygen atoms in total. The standard InChI is InChI=1S/C9H12BrClN2/c1-3-8(6(2)11)9-12-4-7(10)5-13-9/h4-6,8H,3H2,1-2H3. The van der Waals surface area contributed by atoms with Crippen LogP contribution >= 0.6 is 27.5 Å². The Kier molecular flexibility index (Phi) is 4.13. The molecule has 1 aromatic rings. The molecule has 0 aliphatic rings. The Balaban J connectivity index is 2.86. The van der Waals surface area contributed by atoms with E-state index >= 15 is 0 Å². The molecule has 0 saturated heterocycles. The molecule has 72 valence electrons. The van der Waals surface area contributed by atoms with E-state index < -0.39 is 0 Å². The Morgan fingerprint density at radius 3 is 2.38 bits per heavy atom. The Morgan fingerprint density at radius 2 is 2.00 bits per heavy atom. The van der Waals surface area contributed by atoms with Gasteiger partial charge in [-0.25, -0.2) is 9.97 Å². The summed E-state index contributed by atoms with van der Waals surface area (Å²) in [4.78, 5) is 8.46. The molecule has 0 aromatic carbocycles. The molecule has 0 fully saturated rings. The van der Waals surface area contributed by atoms with Crippen molar-refractivity contribution in [1.82, 2.24) is 9.97 Å². The SMILES string of the molecule is CCC(c1ncc(Br)cn1)C(C)Cl. The maximum atomic E-state index is 6.03. The first-order chi connectivity index (χ1) is 6.15. The van der Waals surface area contributed by atoms with Crippen molar-refractivity contribution in [3.63, 3.8) is 0 Å². The third-order valence-electron chi connectivity index (χ3n) is 1.97. The molecular weight excluding hydrogens is 251 g/mol. The van der Waals surface area contributed by atoms with Crippen LogP contribution in [0.1, 0.15) is 32.0 Å². The number of nitrogens with zero attached hydrogens (tertiary/aromatic N) is 2. The van der Waals surface area contributed by atoms with Gasteiger partial charge < -0.3 is 0 Å². The Morgan fingerprint density at radius 1 is 1.46 bits per heavy atom. The summed E-state index contributed by atoms with van der Waals surface area (Å²) in [6, 6.07) is 0. The zero-order valence-corrected chi connectivity index (χ0v) is 10.0. The van der Waals surface area contributed by atoms with Crippen molar-refractivity contribution in [3.05, 3.63) is 22.7 Å². The van der Waals surface area contributed by atoms with Crippen LogP contribution in [0.15, 0.2) is 16.9 Å². The highest BCUT2D eigenvalue weighted by Gasteiger charge is 2.17. The zero-order valence-electron chi connectivity index (χ0n) is 7.67. The second-order valence-electron chi connectivity index (χ2n) is 2.95. The predicted octanol–water partition coefficient (Wildman–Crippen LogP) is 3.36. The highest BCUT2D eigenvalue weighted by atomic mass is 79.9. The fourth-order valence-corrected chi connectivity index (χ4v) is 1.72.